The number of hydrogen-bond donors (Lipinski definition) is 1. The van der Waals surface area contributed by atoms with Gasteiger partial charge in [-0.2, -0.15) is 0 Å². The van der Waals surface area contributed by atoms with E-state index in [1.54, 1.807) is 0 Å². The van der Waals surface area contributed by atoms with Crippen LogP contribution in [0.1, 0.15) is 27.2 Å². The van der Waals surface area contributed by atoms with Crippen molar-refractivity contribution in [3.8, 4) is 0 Å². The van der Waals surface area contributed by atoms with Gasteiger partial charge in [0, 0.05) is 14.1 Å². The molecule has 2 heteroatoms. The van der Waals surface area contributed by atoms with Gasteiger partial charge in [0.25, 0.3) is 0 Å². The molecule has 0 saturated carbocycles. The van der Waals surface area contributed by atoms with Gasteiger partial charge in [0.1, 0.15) is 0 Å². The van der Waals surface area contributed by atoms with Gasteiger partial charge in [0.05, 0.1) is 0 Å². The van der Waals surface area contributed by atoms with Crippen molar-refractivity contribution in [2.24, 2.45) is 5.92 Å². The Morgan fingerprint density at radius 2 is 1.41 bits per heavy atom. The molecular formula is C20H26NP. The molecule has 0 heterocycles. The molecule has 0 spiro atoms. The molecule has 0 unspecified atom stereocenters. The van der Waals surface area contributed by atoms with Crippen LogP contribution in [0.4, 0.5) is 0 Å². The van der Waals surface area contributed by atoms with E-state index in [9.17, 15) is 0 Å². The summed E-state index contributed by atoms with van der Waals surface area (Å²) in [6.07, 6.45) is 5.67. The van der Waals surface area contributed by atoms with Crippen molar-refractivity contribution in [1.82, 2.24) is 5.09 Å². The second-order valence-corrected chi connectivity index (χ2v) is 7.70. The highest BCUT2D eigenvalue weighted by molar-refractivity contribution is 7.71. The number of hydrogen-bond acceptors (Lipinski definition) is 1. The van der Waals surface area contributed by atoms with Crippen LogP contribution in [-0.4, -0.2) is 6.04 Å². The lowest BCUT2D eigenvalue weighted by molar-refractivity contribution is 0.540. The van der Waals surface area contributed by atoms with Crippen LogP contribution in [-0.2, 0) is 0 Å². The van der Waals surface area contributed by atoms with Crippen LogP contribution >= 0.6 is 8.07 Å². The lowest BCUT2D eigenvalue weighted by Crippen LogP contribution is -2.34. The van der Waals surface area contributed by atoms with E-state index in [0.717, 1.165) is 6.42 Å². The van der Waals surface area contributed by atoms with E-state index in [1.807, 2.05) is 0 Å². The standard InChI is InChI=1S/C20H26NP/c1-4-5-16-20(17(2)3)21-22(18-12-8-6-9-13-18)19-14-10-7-11-15-19/h5-17,20-21H,4H2,1-3H3/b16-5-/t20-/m1/s1. The van der Waals surface area contributed by atoms with E-state index < -0.39 is 8.07 Å². The average molecular weight is 311 g/mol. The molecule has 2 aromatic rings. The van der Waals surface area contributed by atoms with Crippen molar-refractivity contribution in [3.63, 3.8) is 0 Å². The van der Waals surface area contributed by atoms with Crippen LogP contribution in [0.3, 0.4) is 0 Å². The average Bonchev–Trinajstić information content (AvgIpc) is 2.56. The highest BCUT2D eigenvalue weighted by Gasteiger charge is 2.19. The van der Waals surface area contributed by atoms with E-state index >= 15 is 0 Å². The Balaban J connectivity index is 2.30. The second kappa shape index (κ2) is 8.88. The minimum Gasteiger partial charge on any atom is -0.282 e. The summed E-state index contributed by atoms with van der Waals surface area (Å²) >= 11 is 0. The number of rotatable bonds is 7. The van der Waals surface area contributed by atoms with Gasteiger partial charge in [-0.25, -0.2) is 0 Å². The van der Waals surface area contributed by atoms with Crippen molar-refractivity contribution >= 4 is 18.7 Å². The lowest BCUT2D eigenvalue weighted by atomic mass is 10.1. The Morgan fingerprint density at radius 3 is 1.82 bits per heavy atom. The molecule has 1 atom stereocenters. The SMILES string of the molecule is CC/C=C\[C@@H](NP(c1ccccc1)c1ccccc1)C(C)C. The van der Waals surface area contributed by atoms with Gasteiger partial charge < -0.3 is 0 Å². The maximum absolute atomic E-state index is 3.90. The molecule has 2 rings (SSSR count). The van der Waals surface area contributed by atoms with Crippen molar-refractivity contribution in [2.45, 2.75) is 33.2 Å². The monoisotopic (exact) mass is 311 g/mol. The van der Waals surface area contributed by atoms with E-state index in [1.165, 1.54) is 10.6 Å². The normalized spacial score (nSPS) is 13.1. The summed E-state index contributed by atoms with van der Waals surface area (Å²) < 4.78 is 0. The molecule has 0 amide bonds. The summed E-state index contributed by atoms with van der Waals surface area (Å²) in [5.74, 6) is 0.570. The first kappa shape index (κ1) is 16.9. The van der Waals surface area contributed by atoms with Crippen LogP contribution < -0.4 is 15.7 Å². The van der Waals surface area contributed by atoms with Gasteiger partial charge in [-0.1, -0.05) is 93.6 Å². The minimum absolute atomic E-state index is 0.395. The Bertz CT molecular complexity index is 523. The molecule has 22 heavy (non-hydrogen) atoms. The summed E-state index contributed by atoms with van der Waals surface area (Å²) in [5, 5.41) is 6.65. The fraction of sp³-hybridized carbons (Fsp3) is 0.300. The molecule has 116 valence electrons. The molecule has 1 N–H and O–H groups in total. The van der Waals surface area contributed by atoms with Crippen LogP contribution in [0, 0.1) is 5.92 Å². The fourth-order valence-corrected chi connectivity index (χ4v) is 4.52. The van der Waals surface area contributed by atoms with Gasteiger partial charge in [0.15, 0.2) is 0 Å². The molecule has 0 saturated heterocycles. The molecule has 0 aromatic heterocycles. The Morgan fingerprint density at radius 1 is 0.909 bits per heavy atom. The Labute approximate surface area is 136 Å². The third-order valence-electron chi connectivity index (χ3n) is 3.60. The van der Waals surface area contributed by atoms with Gasteiger partial charge in [-0.3, -0.25) is 5.09 Å². The predicted octanol–water partition coefficient (Wildman–Crippen LogP) is 4.61. The largest absolute Gasteiger partial charge is 0.282 e. The summed E-state index contributed by atoms with van der Waals surface area (Å²) in [5.41, 5.74) is 0. The number of benzene rings is 2. The van der Waals surface area contributed by atoms with Crippen molar-refractivity contribution < 1.29 is 0 Å². The van der Waals surface area contributed by atoms with E-state index in [2.05, 4.69) is 98.7 Å². The van der Waals surface area contributed by atoms with Gasteiger partial charge in [0.2, 0.25) is 0 Å². The summed E-state index contributed by atoms with van der Waals surface area (Å²) in [6.45, 7) is 6.74. The maximum atomic E-state index is 3.90. The molecule has 0 fully saturated rings. The molecule has 0 aliphatic rings. The molecular weight excluding hydrogens is 285 g/mol. The zero-order chi connectivity index (χ0) is 15.8. The number of nitrogens with one attached hydrogen (secondary N) is 1. The first-order valence-corrected chi connectivity index (χ1v) is 9.39. The third-order valence-corrected chi connectivity index (χ3v) is 5.79. The van der Waals surface area contributed by atoms with Gasteiger partial charge in [-0.15, -0.1) is 0 Å². The quantitative estimate of drug-likeness (QED) is 0.581. The molecule has 2 aromatic carbocycles. The molecule has 0 bridgehead atoms. The summed E-state index contributed by atoms with van der Waals surface area (Å²) in [7, 11) is -0.541. The Hall–Kier alpha value is -1.43. The summed E-state index contributed by atoms with van der Waals surface area (Å²) in [4.78, 5) is 0. The van der Waals surface area contributed by atoms with Gasteiger partial charge in [-0.05, 0) is 22.9 Å². The molecule has 0 aliphatic heterocycles. The molecule has 0 radical (unpaired) electrons. The van der Waals surface area contributed by atoms with Crippen LogP contribution in [0.2, 0.25) is 0 Å². The fourth-order valence-electron chi connectivity index (χ4n) is 2.30. The van der Waals surface area contributed by atoms with Crippen LogP contribution in [0.5, 0.6) is 0 Å². The van der Waals surface area contributed by atoms with Crippen molar-refractivity contribution in [1.29, 1.82) is 0 Å². The summed E-state index contributed by atoms with van der Waals surface area (Å²) in [6, 6.07) is 22.0. The highest BCUT2D eigenvalue weighted by atomic mass is 31.1. The highest BCUT2D eigenvalue weighted by Crippen LogP contribution is 2.30. The third kappa shape index (κ3) is 4.80. The maximum Gasteiger partial charge on any atom is 0.0314 e. The van der Waals surface area contributed by atoms with Crippen molar-refractivity contribution in [2.75, 3.05) is 0 Å². The van der Waals surface area contributed by atoms with Gasteiger partial charge >= 0.3 is 0 Å². The van der Waals surface area contributed by atoms with Crippen LogP contribution in [0.25, 0.3) is 0 Å². The number of allylic oxidation sites excluding steroid dienone is 1. The van der Waals surface area contributed by atoms with Crippen molar-refractivity contribution in [3.05, 3.63) is 72.8 Å². The minimum atomic E-state index is -0.541. The Kier molecular flexibility index (Phi) is 6.83. The second-order valence-electron chi connectivity index (χ2n) is 5.74. The first-order valence-electron chi connectivity index (χ1n) is 8.05. The van der Waals surface area contributed by atoms with E-state index in [-0.39, 0.29) is 0 Å². The smallest absolute Gasteiger partial charge is 0.0314 e. The molecule has 1 nitrogen and oxygen atoms in total. The van der Waals surface area contributed by atoms with E-state index in [0.29, 0.717) is 12.0 Å². The topological polar surface area (TPSA) is 12.0 Å². The lowest BCUT2D eigenvalue weighted by Gasteiger charge is -2.27. The molecule has 0 aliphatic carbocycles. The first-order chi connectivity index (χ1) is 10.7. The van der Waals surface area contributed by atoms with E-state index in [4.69, 9.17) is 0 Å². The zero-order valence-corrected chi connectivity index (χ0v) is 14.6. The van der Waals surface area contributed by atoms with Crippen LogP contribution in [0.15, 0.2) is 72.8 Å². The predicted molar refractivity (Wildman–Crippen MR) is 100 cm³/mol. The zero-order valence-electron chi connectivity index (χ0n) is 13.7.